The average Bonchev–Trinajstić information content (AvgIpc) is 2.32. The molecule has 0 aromatic heterocycles. The quantitative estimate of drug-likeness (QED) is 0.897. The average molecular weight is 298 g/mol. The molecule has 1 atom stereocenters. The Bertz CT molecular complexity index is 543. The predicted molar refractivity (Wildman–Crippen MR) is 66.5 cm³/mol. The highest BCUT2D eigenvalue weighted by molar-refractivity contribution is 9.10. The molecule has 0 aliphatic heterocycles. The van der Waals surface area contributed by atoms with E-state index in [1.807, 2.05) is 12.1 Å². The fraction of sp³-hybridized carbons (Fsp3) is 0.0769. The first-order valence-electron chi connectivity index (χ1n) is 5.04. The molecule has 2 aromatic carbocycles. The SMILES string of the molecule is NC(c1cc(F)ccc1F)c1ccccc1Br. The van der Waals surface area contributed by atoms with Crippen molar-refractivity contribution in [1.29, 1.82) is 0 Å². The lowest BCUT2D eigenvalue weighted by molar-refractivity contribution is 0.576. The molecule has 0 heterocycles. The van der Waals surface area contributed by atoms with Gasteiger partial charge < -0.3 is 5.73 Å². The zero-order chi connectivity index (χ0) is 12.4. The maximum atomic E-state index is 13.6. The van der Waals surface area contributed by atoms with Gasteiger partial charge in [0, 0.05) is 10.0 Å². The third-order valence-corrected chi connectivity index (χ3v) is 3.26. The van der Waals surface area contributed by atoms with Crippen LogP contribution in [0.5, 0.6) is 0 Å². The van der Waals surface area contributed by atoms with Crippen LogP contribution in [0.3, 0.4) is 0 Å². The second-order valence-electron chi connectivity index (χ2n) is 3.67. The molecule has 2 aromatic rings. The summed E-state index contributed by atoms with van der Waals surface area (Å²) in [4.78, 5) is 0. The maximum Gasteiger partial charge on any atom is 0.128 e. The molecule has 0 fully saturated rings. The summed E-state index contributed by atoms with van der Waals surface area (Å²) in [6.07, 6.45) is 0. The van der Waals surface area contributed by atoms with Gasteiger partial charge in [0.2, 0.25) is 0 Å². The highest BCUT2D eigenvalue weighted by Crippen LogP contribution is 2.28. The topological polar surface area (TPSA) is 26.0 Å². The Morgan fingerprint density at radius 1 is 1.00 bits per heavy atom. The third-order valence-electron chi connectivity index (χ3n) is 2.53. The van der Waals surface area contributed by atoms with Crippen LogP contribution < -0.4 is 5.73 Å². The molecule has 4 heteroatoms. The van der Waals surface area contributed by atoms with E-state index in [1.54, 1.807) is 12.1 Å². The molecular weight excluding hydrogens is 288 g/mol. The summed E-state index contributed by atoms with van der Waals surface area (Å²) >= 11 is 3.34. The highest BCUT2D eigenvalue weighted by Gasteiger charge is 2.16. The summed E-state index contributed by atoms with van der Waals surface area (Å²) in [6, 6.07) is 9.82. The van der Waals surface area contributed by atoms with Crippen LogP contribution in [-0.2, 0) is 0 Å². The van der Waals surface area contributed by atoms with Gasteiger partial charge in [-0.15, -0.1) is 0 Å². The largest absolute Gasteiger partial charge is 0.320 e. The van der Waals surface area contributed by atoms with Gasteiger partial charge in [-0.25, -0.2) is 8.78 Å². The molecule has 0 bridgehead atoms. The normalized spacial score (nSPS) is 12.5. The molecule has 0 aliphatic carbocycles. The summed E-state index contributed by atoms with van der Waals surface area (Å²) in [7, 11) is 0. The van der Waals surface area contributed by atoms with E-state index < -0.39 is 17.7 Å². The summed E-state index contributed by atoms with van der Waals surface area (Å²) in [6.45, 7) is 0. The van der Waals surface area contributed by atoms with E-state index in [1.165, 1.54) is 0 Å². The Kier molecular flexibility index (Phi) is 3.54. The van der Waals surface area contributed by atoms with E-state index in [4.69, 9.17) is 5.73 Å². The monoisotopic (exact) mass is 297 g/mol. The lowest BCUT2D eigenvalue weighted by atomic mass is 9.99. The van der Waals surface area contributed by atoms with Crippen LogP contribution in [0.1, 0.15) is 17.2 Å². The molecule has 0 saturated carbocycles. The Morgan fingerprint density at radius 3 is 2.41 bits per heavy atom. The van der Waals surface area contributed by atoms with Crippen LogP contribution in [-0.4, -0.2) is 0 Å². The predicted octanol–water partition coefficient (Wildman–Crippen LogP) is 3.78. The first kappa shape index (κ1) is 12.2. The van der Waals surface area contributed by atoms with Crippen LogP contribution in [0.15, 0.2) is 46.9 Å². The zero-order valence-electron chi connectivity index (χ0n) is 8.83. The molecular formula is C13H10BrF2N. The summed E-state index contributed by atoms with van der Waals surface area (Å²) in [5, 5.41) is 0. The Labute approximate surface area is 106 Å². The molecule has 0 amide bonds. The van der Waals surface area contributed by atoms with Crippen molar-refractivity contribution >= 4 is 15.9 Å². The van der Waals surface area contributed by atoms with Crippen molar-refractivity contribution in [2.24, 2.45) is 5.73 Å². The first-order valence-corrected chi connectivity index (χ1v) is 5.84. The van der Waals surface area contributed by atoms with Gasteiger partial charge in [-0.1, -0.05) is 34.1 Å². The van der Waals surface area contributed by atoms with Crippen molar-refractivity contribution in [1.82, 2.24) is 0 Å². The number of nitrogens with two attached hydrogens (primary N) is 1. The molecule has 88 valence electrons. The Morgan fingerprint density at radius 2 is 1.71 bits per heavy atom. The number of benzene rings is 2. The van der Waals surface area contributed by atoms with Gasteiger partial charge in [-0.3, -0.25) is 0 Å². The first-order chi connectivity index (χ1) is 8.09. The number of hydrogen-bond acceptors (Lipinski definition) is 1. The van der Waals surface area contributed by atoms with Crippen LogP contribution in [0, 0.1) is 11.6 Å². The van der Waals surface area contributed by atoms with Gasteiger partial charge >= 0.3 is 0 Å². The van der Waals surface area contributed by atoms with Gasteiger partial charge in [0.25, 0.3) is 0 Å². The van der Waals surface area contributed by atoms with Crippen molar-refractivity contribution in [3.8, 4) is 0 Å². The van der Waals surface area contributed by atoms with E-state index in [2.05, 4.69) is 15.9 Å². The molecule has 2 N–H and O–H groups in total. The van der Waals surface area contributed by atoms with Gasteiger partial charge in [-0.05, 0) is 29.8 Å². The van der Waals surface area contributed by atoms with Gasteiger partial charge in [0.05, 0.1) is 6.04 Å². The van der Waals surface area contributed by atoms with Crippen LogP contribution in [0.4, 0.5) is 8.78 Å². The lowest BCUT2D eigenvalue weighted by Crippen LogP contribution is -2.14. The van der Waals surface area contributed by atoms with E-state index in [9.17, 15) is 8.78 Å². The smallest absolute Gasteiger partial charge is 0.128 e. The molecule has 1 nitrogen and oxygen atoms in total. The molecule has 2 rings (SSSR count). The minimum atomic E-state index is -0.693. The van der Waals surface area contributed by atoms with Crippen LogP contribution >= 0.6 is 15.9 Å². The van der Waals surface area contributed by atoms with Gasteiger partial charge in [0.15, 0.2) is 0 Å². The number of rotatable bonds is 2. The minimum absolute atomic E-state index is 0.150. The molecule has 1 unspecified atom stereocenters. The van der Waals surface area contributed by atoms with E-state index in [0.29, 0.717) is 0 Å². The lowest BCUT2D eigenvalue weighted by Gasteiger charge is -2.15. The van der Waals surface area contributed by atoms with Gasteiger partial charge in [0.1, 0.15) is 11.6 Å². The zero-order valence-corrected chi connectivity index (χ0v) is 10.4. The van der Waals surface area contributed by atoms with Crippen molar-refractivity contribution in [3.63, 3.8) is 0 Å². The minimum Gasteiger partial charge on any atom is -0.320 e. The molecule has 17 heavy (non-hydrogen) atoms. The Hall–Kier alpha value is -1.26. The van der Waals surface area contributed by atoms with E-state index in [-0.39, 0.29) is 5.56 Å². The summed E-state index contributed by atoms with van der Waals surface area (Å²) in [5.74, 6) is -1.00. The van der Waals surface area contributed by atoms with Crippen LogP contribution in [0.25, 0.3) is 0 Å². The fourth-order valence-corrected chi connectivity index (χ4v) is 2.18. The standard InChI is InChI=1S/C13H10BrF2N/c14-11-4-2-1-3-9(11)13(17)10-7-8(15)5-6-12(10)16/h1-7,13H,17H2. The highest BCUT2D eigenvalue weighted by atomic mass is 79.9. The number of halogens is 3. The van der Waals surface area contributed by atoms with Crippen molar-refractivity contribution in [2.45, 2.75) is 6.04 Å². The van der Waals surface area contributed by atoms with Crippen molar-refractivity contribution in [2.75, 3.05) is 0 Å². The van der Waals surface area contributed by atoms with Crippen molar-refractivity contribution in [3.05, 3.63) is 69.7 Å². The maximum absolute atomic E-state index is 13.6. The van der Waals surface area contributed by atoms with Crippen molar-refractivity contribution < 1.29 is 8.78 Å². The van der Waals surface area contributed by atoms with E-state index in [0.717, 1.165) is 28.2 Å². The molecule has 0 aliphatic rings. The number of hydrogen-bond donors (Lipinski definition) is 1. The fourth-order valence-electron chi connectivity index (χ4n) is 1.65. The second kappa shape index (κ2) is 4.94. The second-order valence-corrected chi connectivity index (χ2v) is 4.52. The molecule has 0 radical (unpaired) electrons. The summed E-state index contributed by atoms with van der Waals surface area (Å²) < 4.78 is 27.4. The molecule has 0 spiro atoms. The van der Waals surface area contributed by atoms with Crippen LogP contribution in [0.2, 0.25) is 0 Å². The molecule has 0 saturated heterocycles. The van der Waals surface area contributed by atoms with Gasteiger partial charge in [-0.2, -0.15) is 0 Å². The third kappa shape index (κ3) is 2.53. The summed E-state index contributed by atoms with van der Waals surface area (Å²) in [5.41, 5.74) is 6.82. The Balaban J connectivity index is 2.47. The van der Waals surface area contributed by atoms with E-state index >= 15 is 0 Å².